The lowest BCUT2D eigenvalue weighted by Gasteiger charge is -2.31. The highest BCUT2D eigenvalue weighted by atomic mass is 16.5. The van der Waals surface area contributed by atoms with E-state index in [0.29, 0.717) is 11.8 Å². The zero-order valence-electron chi connectivity index (χ0n) is 10.1. The van der Waals surface area contributed by atoms with Crippen molar-refractivity contribution in [3.63, 3.8) is 0 Å². The minimum absolute atomic E-state index is 0.00837. The molecule has 0 aliphatic heterocycles. The van der Waals surface area contributed by atoms with Gasteiger partial charge in [-0.1, -0.05) is 26.0 Å². The molecule has 2 saturated carbocycles. The van der Waals surface area contributed by atoms with Gasteiger partial charge in [-0.2, -0.15) is 0 Å². The van der Waals surface area contributed by atoms with Gasteiger partial charge in [-0.25, -0.2) is 0 Å². The normalized spacial score (nSPS) is 44.1. The Bertz CT molecular complexity index is 332. The van der Waals surface area contributed by atoms with Crippen molar-refractivity contribution < 1.29 is 9.53 Å². The molecule has 5 unspecified atom stereocenters. The molecule has 3 rings (SSSR count). The minimum Gasteiger partial charge on any atom is -0.462 e. The molecule has 0 amide bonds. The number of hydrogen-bond acceptors (Lipinski definition) is 2. The van der Waals surface area contributed by atoms with Crippen LogP contribution >= 0.6 is 0 Å². The molecule has 2 fully saturated rings. The Labute approximate surface area is 97.1 Å². The number of carbonyl (C=O) groups excluding carboxylic acids is 1. The molecule has 0 aromatic heterocycles. The van der Waals surface area contributed by atoms with Crippen LogP contribution < -0.4 is 0 Å². The SMILES string of the molecule is CC(C)C(=O)OC1CC2CC1C1C=CCC21. The van der Waals surface area contributed by atoms with E-state index in [2.05, 4.69) is 12.2 Å². The lowest BCUT2D eigenvalue weighted by molar-refractivity contribution is -0.156. The number of ether oxygens (including phenoxy) is 1. The maximum absolute atomic E-state index is 11.6. The van der Waals surface area contributed by atoms with Gasteiger partial charge >= 0.3 is 5.97 Å². The molecule has 3 aliphatic rings. The van der Waals surface area contributed by atoms with Crippen LogP contribution in [0.2, 0.25) is 0 Å². The van der Waals surface area contributed by atoms with Gasteiger partial charge in [-0.05, 0) is 37.0 Å². The third-order valence-corrected chi connectivity index (χ3v) is 4.69. The van der Waals surface area contributed by atoms with E-state index in [-0.39, 0.29) is 18.0 Å². The molecule has 0 radical (unpaired) electrons. The van der Waals surface area contributed by atoms with Crippen LogP contribution in [0.5, 0.6) is 0 Å². The van der Waals surface area contributed by atoms with E-state index >= 15 is 0 Å². The highest BCUT2D eigenvalue weighted by Crippen LogP contribution is 2.57. The van der Waals surface area contributed by atoms with Crippen LogP contribution in [0.4, 0.5) is 0 Å². The average Bonchev–Trinajstić information content (AvgIpc) is 2.87. The molecule has 2 nitrogen and oxygen atoms in total. The van der Waals surface area contributed by atoms with Crippen molar-refractivity contribution in [2.24, 2.45) is 29.6 Å². The van der Waals surface area contributed by atoms with E-state index in [9.17, 15) is 4.79 Å². The van der Waals surface area contributed by atoms with E-state index in [1.165, 1.54) is 12.8 Å². The van der Waals surface area contributed by atoms with Crippen LogP contribution in [0.1, 0.15) is 33.1 Å². The highest BCUT2D eigenvalue weighted by Gasteiger charge is 2.53. The zero-order valence-corrected chi connectivity index (χ0v) is 10.1. The van der Waals surface area contributed by atoms with E-state index in [1.54, 1.807) is 0 Å². The smallest absolute Gasteiger partial charge is 0.308 e. The van der Waals surface area contributed by atoms with Gasteiger partial charge in [0.25, 0.3) is 0 Å². The molecule has 0 N–H and O–H groups in total. The van der Waals surface area contributed by atoms with Crippen LogP contribution in [-0.4, -0.2) is 12.1 Å². The second-order valence-corrected chi connectivity index (χ2v) is 5.93. The molecule has 16 heavy (non-hydrogen) atoms. The summed E-state index contributed by atoms with van der Waals surface area (Å²) in [6.45, 7) is 3.82. The van der Waals surface area contributed by atoms with Crippen LogP contribution in [0.15, 0.2) is 12.2 Å². The summed E-state index contributed by atoms with van der Waals surface area (Å²) in [7, 11) is 0. The summed E-state index contributed by atoms with van der Waals surface area (Å²) in [5.41, 5.74) is 0. The minimum atomic E-state index is -0.0175. The fraction of sp³-hybridized carbons (Fsp3) is 0.786. The second-order valence-electron chi connectivity index (χ2n) is 5.93. The lowest BCUT2D eigenvalue weighted by atomic mass is 9.80. The van der Waals surface area contributed by atoms with Gasteiger partial charge in [0.05, 0.1) is 5.92 Å². The molecule has 0 aromatic carbocycles. The summed E-state index contributed by atoms with van der Waals surface area (Å²) in [5, 5.41) is 0. The molecule has 2 bridgehead atoms. The van der Waals surface area contributed by atoms with E-state index in [0.717, 1.165) is 18.3 Å². The third kappa shape index (κ3) is 1.42. The Balaban J connectivity index is 1.68. The topological polar surface area (TPSA) is 26.3 Å². The quantitative estimate of drug-likeness (QED) is 0.528. The maximum Gasteiger partial charge on any atom is 0.308 e. The molecule has 0 spiro atoms. The van der Waals surface area contributed by atoms with Crippen LogP contribution in [0.25, 0.3) is 0 Å². The van der Waals surface area contributed by atoms with Gasteiger partial charge in [0, 0.05) is 5.92 Å². The van der Waals surface area contributed by atoms with E-state index in [1.807, 2.05) is 13.8 Å². The predicted molar refractivity (Wildman–Crippen MR) is 61.7 cm³/mol. The van der Waals surface area contributed by atoms with Gasteiger partial charge in [0.15, 0.2) is 0 Å². The largest absolute Gasteiger partial charge is 0.462 e. The monoisotopic (exact) mass is 220 g/mol. The van der Waals surface area contributed by atoms with Crippen LogP contribution in [0.3, 0.4) is 0 Å². The van der Waals surface area contributed by atoms with Crippen molar-refractivity contribution in [2.45, 2.75) is 39.2 Å². The number of allylic oxidation sites excluding steroid dienone is 2. The summed E-state index contributed by atoms with van der Waals surface area (Å²) in [4.78, 5) is 11.6. The molecular formula is C14H20O2. The maximum atomic E-state index is 11.6. The number of esters is 1. The molecular weight excluding hydrogens is 200 g/mol. The second kappa shape index (κ2) is 3.61. The average molecular weight is 220 g/mol. The lowest BCUT2D eigenvalue weighted by Crippen LogP contribution is -2.33. The van der Waals surface area contributed by atoms with Crippen molar-refractivity contribution in [2.75, 3.05) is 0 Å². The summed E-state index contributed by atoms with van der Waals surface area (Å²) >= 11 is 0. The zero-order chi connectivity index (χ0) is 11.3. The first-order valence-electron chi connectivity index (χ1n) is 6.54. The molecule has 2 heteroatoms. The first-order chi connectivity index (χ1) is 7.66. The molecule has 88 valence electrons. The van der Waals surface area contributed by atoms with Crippen LogP contribution in [-0.2, 0) is 9.53 Å². The molecule has 0 aromatic rings. The Hall–Kier alpha value is -0.790. The van der Waals surface area contributed by atoms with Gasteiger partial charge in [0.1, 0.15) is 6.10 Å². The molecule has 5 atom stereocenters. The van der Waals surface area contributed by atoms with Crippen LogP contribution in [0, 0.1) is 29.6 Å². The molecule has 0 saturated heterocycles. The number of fused-ring (bicyclic) bond motifs is 5. The molecule has 0 heterocycles. The van der Waals surface area contributed by atoms with Crippen molar-refractivity contribution in [3.05, 3.63) is 12.2 Å². The van der Waals surface area contributed by atoms with Gasteiger partial charge < -0.3 is 4.74 Å². The Kier molecular flexibility index (Phi) is 2.34. The summed E-state index contributed by atoms with van der Waals surface area (Å²) in [6, 6.07) is 0. The standard InChI is InChI=1S/C14H20O2/c1-8(2)14(15)16-13-7-9-6-12(13)11-5-3-4-10(9)11/h3,5,8-13H,4,6-7H2,1-2H3. The molecule has 3 aliphatic carbocycles. The van der Waals surface area contributed by atoms with Crippen molar-refractivity contribution in [1.82, 2.24) is 0 Å². The van der Waals surface area contributed by atoms with Gasteiger partial charge in [-0.3, -0.25) is 4.79 Å². The fourth-order valence-electron chi connectivity index (χ4n) is 3.91. The summed E-state index contributed by atoms with van der Waals surface area (Å²) in [5.74, 6) is 3.01. The summed E-state index contributed by atoms with van der Waals surface area (Å²) < 4.78 is 5.64. The number of carbonyl (C=O) groups is 1. The Morgan fingerprint density at radius 2 is 2.12 bits per heavy atom. The first-order valence-corrected chi connectivity index (χ1v) is 6.54. The van der Waals surface area contributed by atoms with E-state index < -0.39 is 0 Å². The first kappa shape index (κ1) is 10.4. The highest BCUT2D eigenvalue weighted by molar-refractivity contribution is 5.71. The third-order valence-electron chi connectivity index (χ3n) is 4.69. The Morgan fingerprint density at radius 1 is 1.31 bits per heavy atom. The van der Waals surface area contributed by atoms with Crippen molar-refractivity contribution in [3.8, 4) is 0 Å². The van der Waals surface area contributed by atoms with Crippen molar-refractivity contribution >= 4 is 5.97 Å². The Morgan fingerprint density at radius 3 is 2.88 bits per heavy atom. The fourth-order valence-corrected chi connectivity index (χ4v) is 3.91. The summed E-state index contributed by atoms with van der Waals surface area (Å²) in [6.07, 6.45) is 8.56. The predicted octanol–water partition coefficient (Wildman–Crippen LogP) is 2.79. The van der Waals surface area contributed by atoms with Crippen molar-refractivity contribution in [1.29, 1.82) is 0 Å². The van der Waals surface area contributed by atoms with Gasteiger partial charge in [-0.15, -0.1) is 0 Å². The number of hydrogen-bond donors (Lipinski definition) is 0. The van der Waals surface area contributed by atoms with Gasteiger partial charge in [0.2, 0.25) is 0 Å². The number of rotatable bonds is 2. The van der Waals surface area contributed by atoms with E-state index in [4.69, 9.17) is 4.74 Å².